The van der Waals surface area contributed by atoms with Gasteiger partial charge >= 0.3 is 12.1 Å². The maximum Gasteiger partial charge on any atom is 0.471 e. The van der Waals surface area contributed by atoms with Crippen LogP contribution in [0.5, 0.6) is 0 Å². The summed E-state index contributed by atoms with van der Waals surface area (Å²) >= 11 is 0.699. The topological polar surface area (TPSA) is 63.2 Å². The molecule has 1 aromatic rings. The molecule has 0 saturated heterocycles. The number of hydrogen-bond acceptors (Lipinski definition) is 4. The zero-order valence-electron chi connectivity index (χ0n) is 8.79. The molecule has 1 rings (SSSR count). The Hall–Kier alpha value is -0.800. The van der Waals surface area contributed by atoms with Crippen molar-refractivity contribution in [1.82, 2.24) is 5.32 Å². The van der Waals surface area contributed by atoms with Gasteiger partial charge in [0.2, 0.25) is 0 Å². The smallest absolute Gasteiger partial charge is 0.341 e. The third kappa shape index (κ3) is 3.85. The molecule has 1 atom stereocenters. The molecule has 4 nitrogen and oxygen atoms in total. The number of alkyl halides is 3. The molecule has 1 N–H and O–H groups in total. The van der Waals surface area contributed by atoms with Crippen LogP contribution in [0.1, 0.15) is 17.8 Å². The van der Waals surface area contributed by atoms with Crippen molar-refractivity contribution in [2.75, 3.05) is 0 Å². The van der Waals surface area contributed by atoms with E-state index in [4.69, 9.17) is 10.7 Å². The molecule has 1 amide bonds. The minimum Gasteiger partial charge on any atom is -0.341 e. The Kier molecular flexibility index (Phi) is 4.29. The number of carbonyl (C=O) groups is 1. The van der Waals surface area contributed by atoms with Gasteiger partial charge in [-0.15, -0.1) is 11.3 Å². The van der Waals surface area contributed by atoms with Crippen LogP contribution >= 0.6 is 22.0 Å². The van der Waals surface area contributed by atoms with Crippen LogP contribution in [0.2, 0.25) is 0 Å². The van der Waals surface area contributed by atoms with Gasteiger partial charge in [0, 0.05) is 15.6 Å². The fraction of sp³-hybridized carbons (Fsp3) is 0.375. The van der Waals surface area contributed by atoms with Crippen molar-refractivity contribution in [1.29, 1.82) is 0 Å². The van der Waals surface area contributed by atoms with Gasteiger partial charge in [0.1, 0.15) is 4.21 Å². The molecule has 0 aromatic carbocycles. The Morgan fingerprint density at radius 3 is 2.39 bits per heavy atom. The van der Waals surface area contributed by atoms with Crippen LogP contribution in [0.15, 0.2) is 16.3 Å². The largest absolute Gasteiger partial charge is 0.471 e. The highest BCUT2D eigenvalue weighted by Crippen LogP contribution is 2.29. The van der Waals surface area contributed by atoms with Crippen molar-refractivity contribution in [2.24, 2.45) is 0 Å². The van der Waals surface area contributed by atoms with Crippen molar-refractivity contribution in [3.8, 4) is 0 Å². The average molecular weight is 322 g/mol. The molecule has 1 heterocycles. The van der Waals surface area contributed by atoms with E-state index >= 15 is 0 Å². The lowest BCUT2D eigenvalue weighted by Crippen LogP contribution is -2.37. The van der Waals surface area contributed by atoms with E-state index in [0.717, 1.165) is 0 Å². The number of carbonyl (C=O) groups excluding carboxylic acids is 1. The Morgan fingerprint density at radius 2 is 2.00 bits per heavy atom. The van der Waals surface area contributed by atoms with E-state index in [9.17, 15) is 26.4 Å². The van der Waals surface area contributed by atoms with Gasteiger partial charge in [-0.05, 0) is 19.1 Å². The molecule has 102 valence electrons. The highest BCUT2D eigenvalue weighted by atomic mass is 35.7. The summed E-state index contributed by atoms with van der Waals surface area (Å²) < 4.78 is 57.7. The highest BCUT2D eigenvalue weighted by molar-refractivity contribution is 8.15. The molecule has 0 saturated carbocycles. The first kappa shape index (κ1) is 15.3. The minimum absolute atomic E-state index is 0.188. The molecule has 0 fully saturated rings. The van der Waals surface area contributed by atoms with Crippen LogP contribution in [0.4, 0.5) is 13.2 Å². The van der Waals surface area contributed by atoms with E-state index < -0.39 is 27.2 Å². The number of rotatable bonds is 3. The van der Waals surface area contributed by atoms with E-state index in [2.05, 4.69) is 0 Å². The lowest BCUT2D eigenvalue weighted by molar-refractivity contribution is -0.174. The van der Waals surface area contributed by atoms with Crippen LogP contribution in [0, 0.1) is 0 Å². The SMILES string of the molecule is CC(NC(=O)C(F)(F)F)c1ccc(S(=O)(=O)Cl)s1. The molecule has 0 radical (unpaired) electrons. The molecular formula is C8H7ClF3NO3S2. The molecule has 1 unspecified atom stereocenters. The molecule has 10 heteroatoms. The second-order valence-corrected chi connectivity index (χ2v) is 7.20. The van der Waals surface area contributed by atoms with Gasteiger partial charge in [-0.3, -0.25) is 4.79 Å². The molecule has 0 bridgehead atoms. The predicted octanol–water partition coefficient (Wildman–Crippen LogP) is 2.42. The van der Waals surface area contributed by atoms with Gasteiger partial charge in [0.25, 0.3) is 9.05 Å². The second kappa shape index (κ2) is 5.06. The number of nitrogens with one attached hydrogen (secondary N) is 1. The number of halogens is 4. The first-order valence-electron chi connectivity index (χ1n) is 4.44. The van der Waals surface area contributed by atoms with Crippen molar-refractivity contribution in [3.63, 3.8) is 0 Å². The predicted molar refractivity (Wildman–Crippen MR) is 60.0 cm³/mol. The van der Waals surface area contributed by atoms with Crippen LogP contribution in [-0.2, 0) is 13.8 Å². The van der Waals surface area contributed by atoms with Crippen LogP contribution < -0.4 is 5.32 Å². The zero-order chi connectivity index (χ0) is 14.1. The quantitative estimate of drug-likeness (QED) is 0.870. The number of amides is 1. The summed E-state index contributed by atoms with van der Waals surface area (Å²) in [5, 5.41) is 1.71. The summed E-state index contributed by atoms with van der Waals surface area (Å²) in [7, 11) is 1.15. The van der Waals surface area contributed by atoms with Gasteiger partial charge in [-0.25, -0.2) is 8.42 Å². The van der Waals surface area contributed by atoms with E-state index in [1.807, 2.05) is 0 Å². The third-order valence-corrected chi connectivity index (χ3v) is 5.24. The Bertz CT molecular complexity index is 552. The fourth-order valence-corrected chi connectivity index (χ4v) is 3.14. The van der Waals surface area contributed by atoms with E-state index in [0.29, 0.717) is 11.3 Å². The first-order chi connectivity index (χ1) is 8.01. The van der Waals surface area contributed by atoms with Crippen molar-refractivity contribution < 1.29 is 26.4 Å². The van der Waals surface area contributed by atoms with Gasteiger partial charge in [-0.1, -0.05) is 0 Å². The Morgan fingerprint density at radius 1 is 1.44 bits per heavy atom. The molecule has 0 aliphatic heterocycles. The van der Waals surface area contributed by atoms with Gasteiger partial charge in [0.15, 0.2) is 0 Å². The third-order valence-electron chi connectivity index (χ3n) is 1.87. The van der Waals surface area contributed by atoms with Crippen LogP contribution in [0.25, 0.3) is 0 Å². The maximum atomic E-state index is 12.0. The summed E-state index contributed by atoms with van der Waals surface area (Å²) in [6.45, 7) is 1.31. The van der Waals surface area contributed by atoms with Crippen molar-refractivity contribution in [3.05, 3.63) is 17.0 Å². The first-order valence-corrected chi connectivity index (χ1v) is 7.56. The summed E-state index contributed by atoms with van der Waals surface area (Å²) in [5.74, 6) is -2.08. The molecular weight excluding hydrogens is 315 g/mol. The van der Waals surface area contributed by atoms with Gasteiger partial charge in [0.05, 0.1) is 6.04 Å². The Balaban J connectivity index is 2.84. The molecule has 18 heavy (non-hydrogen) atoms. The number of hydrogen-bond donors (Lipinski definition) is 1. The zero-order valence-corrected chi connectivity index (χ0v) is 11.2. The van der Waals surface area contributed by atoms with E-state index in [1.165, 1.54) is 19.1 Å². The van der Waals surface area contributed by atoms with Gasteiger partial charge in [-0.2, -0.15) is 13.2 Å². The molecule has 0 aliphatic rings. The fourth-order valence-electron chi connectivity index (χ4n) is 1.05. The van der Waals surface area contributed by atoms with Crippen LogP contribution in [-0.4, -0.2) is 20.5 Å². The molecule has 0 spiro atoms. The van der Waals surface area contributed by atoms with Crippen molar-refractivity contribution in [2.45, 2.75) is 23.4 Å². The van der Waals surface area contributed by atoms with E-state index in [1.54, 1.807) is 5.32 Å². The second-order valence-electron chi connectivity index (χ2n) is 3.29. The Labute approximate surface area is 109 Å². The monoisotopic (exact) mass is 321 g/mol. The highest BCUT2D eigenvalue weighted by Gasteiger charge is 2.39. The standard InChI is InChI=1S/C8H7ClF3NO3S2/c1-4(13-7(14)8(10,11)12)5-2-3-6(17-5)18(9,15)16/h2-4H,1H3,(H,13,14). The molecule has 1 aromatic heterocycles. The van der Waals surface area contributed by atoms with Crippen LogP contribution in [0.3, 0.4) is 0 Å². The average Bonchev–Trinajstić information content (AvgIpc) is 2.63. The summed E-state index contributed by atoms with van der Waals surface area (Å²) in [6.07, 6.45) is -4.98. The molecule has 0 aliphatic carbocycles. The lowest BCUT2D eigenvalue weighted by atomic mass is 10.3. The lowest BCUT2D eigenvalue weighted by Gasteiger charge is -2.13. The normalized spacial score (nSPS) is 14.3. The summed E-state index contributed by atoms with van der Waals surface area (Å²) in [4.78, 5) is 10.9. The summed E-state index contributed by atoms with van der Waals surface area (Å²) in [5.41, 5.74) is 0. The van der Waals surface area contributed by atoms with Crippen molar-refractivity contribution >= 4 is 37.0 Å². The maximum absolute atomic E-state index is 12.0. The van der Waals surface area contributed by atoms with E-state index in [-0.39, 0.29) is 9.09 Å². The van der Waals surface area contributed by atoms with Gasteiger partial charge < -0.3 is 5.32 Å². The minimum atomic E-state index is -4.98. The summed E-state index contributed by atoms with van der Waals surface area (Å²) in [6, 6.07) is 1.50. The number of thiophene rings is 1.